The lowest BCUT2D eigenvalue weighted by Crippen LogP contribution is -2.57. The number of guanidine groups is 1. The Labute approximate surface area is 156 Å². The molecule has 0 bridgehead atoms. The molecule has 1 aromatic rings. The zero-order valence-electron chi connectivity index (χ0n) is 14.5. The summed E-state index contributed by atoms with van der Waals surface area (Å²) in [4.78, 5) is 8.76. The van der Waals surface area contributed by atoms with Crippen molar-refractivity contribution in [1.82, 2.24) is 15.1 Å². The van der Waals surface area contributed by atoms with E-state index in [4.69, 9.17) is 9.15 Å². The van der Waals surface area contributed by atoms with Gasteiger partial charge in [-0.1, -0.05) is 0 Å². The van der Waals surface area contributed by atoms with Gasteiger partial charge in [-0.05, 0) is 39.1 Å². The number of hydrogen-bond acceptors (Lipinski definition) is 4. The molecule has 23 heavy (non-hydrogen) atoms. The Bertz CT molecular complexity index is 470. The zero-order valence-corrected chi connectivity index (χ0v) is 16.9. The summed E-state index contributed by atoms with van der Waals surface area (Å²) in [6.45, 7) is 3.20. The molecule has 1 aliphatic heterocycles. The van der Waals surface area contributed by atoms with Gasteiger partial charge in [0.15, 0.2) is 5.96 Å². The molecule has 2 rings (SSSR count). The second kappa shape index (κ2) is 9.48. The summed E-state index contributed by atoms with van der Waals surface area (Å²) < 4.78 is 10.9. The Balaban J connectivity index is 0.00000264. The van der Waals surface area contributed by atoms with Crippen LogP contribution in [0.25, 0.3) is 0 Å². The third kappa shape index (κ3) is 5.36. The molecule has 1 fully saturated rings. The number of furan rings is 1. The highest BCUT2D eigenvalue weighted by atomic mass is 127. The van der Waals surface area contributed by atoms with Gasteiger partial charge >= 0.3 is 0 Å². The molecule has 6 nitrogen and oxygen atoms in total. The van der Waals surface area contributed by atoms with Crippen molar-refractivity contribution in [2.75, 3.05) is 47.9 Å². The molecule has 1 N–H and O–H groups in total. The predicted octanol–water partition coefficient (Wildman–Crippen LogP) is 2.02. The largest absolute Gasteiger partial charge is 0.467 e. The molecule has 132 valence electrons. The first kappa shape index (κ1) is 20.2. The minimum atomic E-state index is 0. The van der Waals surface area contributed by atoms with Crippen molar-refractivity contribution in [3.8, 4) is 0 Å². The molecule has 2 heterocycles. The average molecular weight is 436 g/mol. The normalized spacial score (nSPS) is 17.7. The maximum absolute atomic E-state index is 5.52. The quantitative estimate of drug-likeness (QED) is 0.435. The maximum atomic E-state index is 5.52. The van der Waals surface area contributed by atoms with Crippen molar-refractivity contribution < 1.29 is 9.15 Å². The van der Waals surface area contributed by atoms with Gasteiger partial charge in [-0.15, -0.1) is 24.0 Å². The van der Waals surface area contributed by atoms with Crippen LogP contribution < -0.4 is 5.32 Å². The number of hydrogen-bond donors (Lipinski definition) is 1. The minimum absolute atomic E-state index is 0. The van der Waals surface area contributed by atoms with Gasteiger partial charge in [0.25, 0.3) is 0 Å². The third-order valence-electron chi connectivity index (χ3n) is 4.49. The van der Waals surface area contributed by atoms with Crippen molar-refractivity contribution in [2.24, 2.45) is 4.99 Å². The van der Waals surface area contributed by atoms with Crippen LogP contribution in [0.4, 0.5) is 0 Å². The molecule has 0 aliphatic carbocycles. The second-order valence-electron chi connectivity index (χ2n) is 6.07. The molecule has 0 amide bonds. The molecule has 0 atom stereocenters. The van der Waals surface area contributed by atoms with Crippen LogP contribution in [0, 0.1) is 0 Å². The Kier molecular flexibility index (Phi) is 8.35. The summed E-state index contributed by atoms with van der Waals surface area (Å²) >= 11 is 0. The lowest BCUT2D eigenvalue weighted by molar-refractivity contribution is -0.00523. The highest BCUT2D eigenvalue weighted by Crippen LogP contribution is 2.25. The van der Waals surface area contributed by atoms with Crippen molar-refractivity contribution in [3.05, 3.63) is 24.2 Å². The first-order valence-corrected chi connectivity index (χ1v) is 7.77. The molecule has 1 aromatic heterocycles. The topological polar surface area (TPSA) is 53.2 Å². The summed E-state index contributed by atoms with van der Waals surface area (Å²) in [5, 5.41) is 3.51. The molecule has 0 radical (unpaired) electrons. The lowest BCUT2D eigenvalue weighted by atomic mass is 9.88. The standard InChI is InChI=1S/C16H28N4O2.HI/c1-17-15(20(4)12-14-6-5-9-22-14)18-13-16(19(2)3)7-10-21-11-8-16;/h5-6,9H,7-8,10-13H2,1-4H3,(H,17,18);1H. The number of ether oxygens (including phenoxy) is 1. The molecule has 1 saturated heterocycles. The van der Waals surface area contributed by atoms with E-state index in [0.717, 1.165) is 44.3 Å². The molecule has 0 aromatic carbocycles. The van der Waals surface area contributed by atoms with Crippen LogP contribution in [0.15, 0.2) is 27.8 Å². The van der Waals surface area contributed by atoms with Crippen LogP contribution in [0.2, 0.25) is 0 Å². The van der Waals surface area contributed by atoms with E-state index in [-0.39, 0.29) is 29.5 Å². The number of halogens is 1. The van der Waals surface area contributed by atoms with Gasteiger partial charge in [0.1, 0.15) is 5.76 Å². The zero-order chi connectivity index (χ0) is 16.0. The highest BCUT2D eigenvalue weighted by molar-refractivity contribution is 14.0. The summed E-state index contributed by atoms with van der Waals surface area (Å²) in [5.41, 5.74) is 0.125. The van der Waals surface area contributed by atoms with E-state index in [1.165, 1.54) is 0 Å². The molecule has 0 spiro atoms. The van der Waals surface area contributed by atoms with Crippen molar-refractivity contribution in [3.63, 3.8) is 0 Å². The third-order valence-corrected chi connectivity index (χ3v) is 4.49. The van der Waals surface area contributed by atoms with Gasteiger partial charge in [-0.2, -0.15) is 0 Å². The van der Waals surface area contributed by atoms with E-state index in [9.17, 15) is 0 Å². The van der Waals surface area contributed by atoms with Crippen LogP contribution in [0.5, 0.6) is 0 Å². The van der Waals surface area contributed by atoms with Gasteiger partial charge in [-0.25, -0.2) is 0 Å². The van der Waals surface area contributed by atoms with Crippen molar-refractivity contribution in [1.29, 1.82) is 0 Å². The second-order valence-corrected chi connectivity index (χ2v) is 6.07. The molecule has 1 aliphatic rings. The minimum Gasteiger partial charge on any atom is -0.467 e. The predicted molar refractivity (Wildman–Crippen MR) is 103 cm³/mol. The van der Waals surface area contributed by atoms with E-state index in [2.05, 4.69) is 34.2 Å². The Morgan fingerprint density at radius 1 is 1.30 bits per heavy atom. The summed E-state index contributed by atoms with van der Waals surface area (Å²) in [7, 11) is 8.11. The summed E-state index contributed by atoms with van der Waals surface area (Å²) in [6, 6.07) is 3.88. The van der Waals surface area contributed by atoms with Gasteiger partial charge in [0.05, 0.1) is 12.8 Å². The van der Waals surface area contributed by atoms with Crippen molar-refractivity contribution in [2.45, 2.75) is 24.9 Å². The monoisotopic (exact) mass is 436 g/mol. The SMILES string of the molecule is CN=C(NCC1(N(C)C)CCOCC1)N(C)Cc1ccco1.I. The smallest absolute Gasteiger partial charge is 0.193 e. The molecule has 7 heteroatoms. The first-order chi connectivity index (χ1) is 10.6. The van der Waals surface area contributed by atoms with E-state index in [0.29, 0.717) is 6.54 Å². The molecule has 0 unspecified atom stereocenters. The van der Waals surface area contributed by atoms with Gasteiger partial charge in [-0.3, -0.25) is 4.99 Å². The number of aliphatic imine (C=N–C) groups is 1. The van der Waals surface area contributed by atoms with E-state index >= 15 is 0 Å². The number of nitrogens with one attached hydrogen (secondary N) is 1. The fraction of sp³-hybridized carbons (Fsp3) is 0.688. The van der Waals surface area contributed by atoms with E-state index < -0.39 is 0 Å². The number of rotatable bonds is 5. The summed E-state index contributed by atoms with van der Waals surface area (Å²) in [5.74, 6) is 1.81. The molecular formula is C16H29IN4O2. The fourth-order valence-corrected chi connectivity index (χ4v) is 2.87. The number of likely N-dealkylation sites (N-methyl/N-ethyl adjacent to an activating group) is 1. The highest BCUT2D eigenvalue weighted by Gasteiger charge is 2.35. The van der Waals surface area contributed by atoms with Crippen molar-refractivity contribution >= 4 is 29.9 Å². The first-order valence-electron chi connectivity index (χ1n) is 7.77. The fourth-order valence-electron chi connectivity index (χ4n) is 2.87. The average Bonchev–Trinajstić information content (AvgIpc) is 3.01. The van der Waals surface area contributed by atoms with Crippen LogP contribution in [0.1, 0.15) is 18.6 Å². The van der Waals surface area contributed by atoms with Gasteiger partial charge in [0.2, 0.25) is 0 Å². The van der Waals surface area contributed by atoms with E-state index in [1.54, 1.807) is 6.26 Å². The van der Waals surface area contributed by atoms with Crippen LogP contribution in [0.3, 0.4) is 0 Å². The Morgan fingerprint density at radius 2 is 2.00 bits per heavy atom. The number of nitrogens with zero attached hydrogens (tertiary/aromatic N) is 3. The van der Waals surface area contributed by atoms with Gasteiger partial charge < -0.3 is 24.3 Å². The van der Waals surface area contributed by atoms with Crippen LogP contribution in [-0.2, 0) is 11.3 Å². The maximum Gasteiger partial charge on any atom is 0.193 e. The van der Waals surface area contributed by atoms with E-state index in [1.807, 2.05) is 26.2 Å². The summed E-state index contributed by atoms with van der Waals surface area (Å²) in [6.07, 6.45) is 3.76. The molecule has 0 saturated carbocycles. The van der Waals surface area contributed by atoms with Gasteiger partial charge in [0, 0.05) is 39.4 Å². The van der Waals surface area contributed by atoms with Crippen LogP contribution >= 0.6 is 24.0 Å². The Morgan fingerprint density at radius 3 is 2.52 bits per heavy atom. The molecular weight excluding hydrogens is 407 g/mol. The lowest BCUT2D eigenvalue weighted by Gasteiger charge is -2.43. The van der Waals surface area contributed by atoms with Crippen LogP contribution in [-0.4, -0.2) is 69.2 Å². The Hall–Kier alpha value is -0.800.